The Balaban J connectivity index is 1.33. The average molecular weight is 518 g/mol. The monoisotopic (exact) mass is 518 g/mol. The third-order valence-electron chi connectivity index (χ3n) is 7.19. The number of rotatable bonds is 8. The Labute approximate surface area is 221 Å². The molecule has 0 radical (unpaired) electrons. The molecule has 1 atom stereocenters. The third kappa shape index (κ3) is 8.04. The minimum Gasteiger partial charge on any atom is -0.463 e. The fourth-order valence-corrected chi connectivity index (χ4v) is 4.30. The summed E-state index contributed by atoms with van der Waals surface area (Å²) >= 11 is 0. The second-order valence-corrected chi connectivity index (χ2v) is 12.0. The van der Waals surface area contributed by atoms with E-state index in [4.69, 9.17) is 18.8 Å². The van der Waals surface area contributed by atoms with Crippen LogP contribution in [0.15, 0.2) is 12.4 Å². The summed E-state index contributed by atoms with van der Waals surface area (Å²) in [5.74, 6) is 0.460. The number of nitrogens with one attached hydrogen (secondary N) is 1. The first kappa shape index (κ1) is 29.2. The standard InChI is InChI=1S/C26H43BN4O6/c1-18(30-23(33)35-24(2,3)4)21(32)31-13-11-19(12-14-31)10-9-15-34-22-28-16-20(17-29-22)27-36-25(5,6)26(7,8)37-27/h16-19H,9-15H2,1-8H3,(H,30,33)/t18-/m1/s1. The van der Waals surface area contributed by atoms with E-state index in [0.717, 1.165) is 31.1 Å². The first-order valence-electron chi connectivity index (χ1n) is 13.3. The van der Waals surface area contributed by atoms with E-state index in [1.807, 2.05) is 32.6 Å². The first-order valence-corrected chi connectivity index (χ1v) is 13.3. The highest BCUT2D eigenvalue weighted by atomic mass is 16.7. The number of hydrogen-bond donors (Lipinski definition) is 1. The zero-order valence-electron chi connectivity index (χ0n) is 23.6. The fourth-order valence-electron chi connectivity index (χ4n) is 4.30. The van der Waals surface area contributed by atoms with Crippen LogP contribution in [0, 0.1) is 5.92 Å². The van der Waals surface area contributed by atoms with Crippen LogP contribution in [0.25, 0.3) is 0 Å². The van der Waals surface area contributed by atoms with Crippen molar-refractivity contribution in [3.8, 4) is 6.01 Å². The van der Waals surface area contributed by atoms with Gasteiger partial charge in [-0.2, -0.15) is 0 Å². The molecule has 1 aromatic heterocycles. The third-order valence-corrected chi connectivity index (χ3v) is 7.19. The van der Waals surface area contributed by atoms with Crippen LogP contribution in [0.5, 0.6) is 6.01 Å². The second kappa shape index (κ2) is 11.6. The summed E-state index contributed by atoms with van der Waals surface area (Å²) in [6.07, 6.45) is 6.58. The minimum absolute atomic E-state index is 0.0752. The van der Waals surface area contributed by atoms with E-state index in [-0.39, 0.29) is 5.91 Å². The Hall–Kier alpha value is -2.40. The van der Waals surface area contributed by atoms with Gasteiger partial charge in [-0.3, -0.25) is 4.79 Å². The summed E-state index contributed by atoms with van der Waals surface area (Å²) in [6, 6.07) is -0.275. The van der Waals surface area contributed by atoms with Crippen molar-refractivity contribution in [1.82, 2.24) is 20.2 Å². The molecule has 0 saturated carbocycles. The van der Waals surface area contributed by atoms with Gasteiger partial charge in [-0.25, -0.2) is 14.8 Å². The molecule has 2 amide bonds. The largest absolute Gasteiger partial charge is 0.498 e. The molecule has 206 valence electrons. The molecule has 3 rings (SSSR count). The van der Waals surface area contributed by atoms with Crippen molar-refractivity contribution in [1.29, 1.82) is 0 Å². The van der Waals surface area contributed by atoms with E-state index >= 15 is 0 Å². The SMILES string of the molecule is C[C@@H](NC(=O)OC(C)(C)C)C(=O)N1CCC(CCCOc2ncc(B3OC(C)(C)C(C)(C)O3)cn2)CC1. The number of carbonyl (C=O) groups is 2. The Morgan fingerprint density at radius 2 is 1.70 bits per heavy atom. The van der Waals surface area contributed by atoms with Crippen molar-refractivity contribution in [2.24, 2.45) is 5.92 Å². The molecule has 0 bridgehead atoms. The smallest absolute Gasteiger partial charge is 0.463 e. The Morgan fingerprint density at radius 3 is 2.24 bits per heavy atom. The van der Waals surface area contributed by atoms with Crippen molar-refractivity contribution in [2.75, 3.05) is 19.7 Å². The molecule has 1 N–H and O–H groups in total. The summed E-state index contributed by atoms with van der Waals surface area (Å²) in [6.45, 7) is 17.0. The molecule has 3 heterocycles. The van der Waals surface area contributed by atoms with Crippen LogP contribution in [0.1, 0.15) is 81.1 Å². The van der Waals surface area contributed by atoms with Gasteiger partial charge >= 0.3 is 19.2 Å². The van der Waals surface area contributed by atoms with Gasteiger partial charge in [-0.15, -0.1) is 0 Å². The fraction of sp³-hybridized carbons (Fsp3) is 0.769. The molecule has 2 aliphatic rings. The number of hydrogen-bond acceptors (Lipinski definition) is 8. The number of alkyl carbamates (subject to hydrolysis) is 1. The van der Waals surface area contributed by atoms with Gasteiger partial charge in [0.05, 0.1) is 17.8 Å². The van der Waals surface area contributed by atoms with E-state index in [1.165, 1.54) is 0 Å². The van der Waals surface area contributed by atoms with Crippen molar-refractivity contribution in [2.45, 2.75) is 104 Å². The van der Waals surface area contributed by atoms with Crippen molar-refractivity contribution < 1.29 is 28.4 Å². The quantitative estimate of drug-likeness (QED) is 0.413. The first-order chi connectivity index (χ1) is 17.2. The molecular weight excluding hydrogens is 475 g/mol. The zero-order valence-corrected chi connectivity index (χ0v) is 23.6. The summed E-state index contributed by atoms with van der Waals surface area (Å²) in [5, 5.41) is 2.63. The predicted octanol–water partition coefficient (Wildman–Crippen LogP) is 3.09. The maximum absolute atomic E-state index is 12.7. The van der Waals surface area contributed by atoms with Crippen LogP contribution in [-0.2, 0) is 18.8 Å². The van der Waals surface area contributed by atoms with Gasteiger partial charge < -0.3 is 29.0 Å². The van der Waals surface area contributed by atoms with E-state index in [1.54, 1.807) is 40.1 Å². The van der Waals surface area contributed by atoms with Gasteiger partial charge in [0.2, 0.25) is 5.91 Å². The van der Waals surface area contributed by atoms with Gasteiger partial charge in [0.25, 0.3) is 0 Å². The Kier molecular flexibility index (Phi) is 9.11. The molecule has 2 saturated heterocycles. The van der Waals surface area contributed by atoms with Crippen LogP contribution in [0.3, 0.4) is 0 Å². The molecule has 37 heavy (non-hydrogen) atoms. The zero-order chi connectivity index (χ0) is 27.4. The van der Waals surface area contributed by atoms with E-state index in [2.05, 4.69) is 15.3 Å². The summed E-state index contributed by atoms with van der Waals surface area (Å²) in [7, 11) is -0.493. The number of carbonyl (C=O) groups excluding carboxylic acids is 2. The van der Waals surface area contributed by atoms with E-state index in [9.17, 15) is 9.59 Å². The predicted molar refractivity (Wildman–Crippen MR) is 141 cm³/mol. The van der Waals surface area contributed by atoms with Gasteiger partial charge in [0.1, 0.15) is 11.6 Å². The average Bonchev–Trinajstić information content (AvgIpc) is 3.02. The lowest BCUT2D eigenvalue weighted by atomic mass is 9.81. The number of nitrogens with zero attached hydrogens (tertiary/aromatic N) is 3. The lowest BCUT2D eigenvalue weighted by Crippen LogP contribution is -2.50. The van der Waals surface area contributed by atoms with Crippen LogP contribution >= 0.6 is 0 Å². The summed E-state index contributed by atoms with van der Waals surface area (Å²) in [5.41, 5.74) is -0.654. The van der Waals surface area contributed by atoms with Gasteiger partial charge in [-0.05, 0) is 87.0 Å². The number of piperidine rings is 1. The summed E-state index contributed by atoms with van der Waals surface area (Å²) in [4.78, 5) is 35.1. The maximum atomic E-state index is 12.7. The minimum atomic E-state index is -0.615. The van der Waals surface area contributed by atoms with E-state index < -0.39 is 36.1 Å². The normalized spacial score (nSPS) is 20.4. The van der Waals surface area contributed by atoms with Crippen molar-refractivity contribution in [3.63, 3.8) is 0 Å². The number of ether oxygens (including phenoxy) is 2. The lowest BCUT2D eigenvalue weighted by Gasteiger charge is -2.34. The molecule has 0 spiro atoms. The Morgan fingerprint density at radius 1 is 1.14 bits per heavy atom. The number of aromatic nitrogens is 2. The molecule has 0 aliphatic carbocycles. The molecular formula is C26H43BN4O6. The van der Waals surface area contributed by atoms with E-state index in [0.29, 0.717) is 31.6 Å². The number of amides is 2. The number of likely N-dealkylation sites (tertiary alicyclic amines) is 1. The highest BCUT2D eigenvalue weighted by molar-refractivity contribution is 6.61. The molecule has 0 unspecified atom stereocenters. The molecule has 11 heteroatoms. The second-order valence-electron chi connectivity index (χ2n) is 12.0. The Bertz CT molecular complexity index is 910. The summed E-state index contributed by atoms with van der Waals surface area (Å²) < 4.78 is 23.0. The van der Waals surface area contributed by atoms with Crippen molar-refractivity contribution in [3.05, 3.63) is 12.4 Å². The van der Waals surface area contributed by atoms with Crippen molar-refractivity contribution >= 4 is 24.6 Å². The van der Waals surface area contributed by atoms with Crippen LogP contribution in [0.2, 0.25) is 0 Å². The molecule has 10 nitrogen and oxygen atoms in total. The van der Waals surface area contributed by atoms with Crippen LogP contribution in [0.4, 0.5) is 4.79 Å². The molecule has 2 aliphatic heterocycles. The van der Waals surface area contributed by atoms with Crippen LogP contribution < -0.4 is 15.5 Å². The van der Waals surface area contributed by atoms with Gasteiger partial charge in [0.15, 0.2) is 0 Å². The topological polar surface area (TPSA) is 112 Å². The maximum Gasteiger partial charge on any atom is 0.498 e. The highest BCUT2D eigenvalue weighted by Crippen LogP contribution is 2.36. The molecule has 2 fully saturated rings. The molecule has 1 aromatic rings. The van der Waals surface area contributed by atoms with Crippen LogP contribution in [-0.4, -0.2) is 76.5 Å². The lowest BCUT2D eigenvalue weighted by molar-refractivity contribution is -0.134. The van der Waals surface area contributed by atoms with Gasteiger partial charge in [-0.1, -0.05) is 0 Å². The van der Waals surface area contributed by atoms with Gasteiger partial charge in [0, 0.05) is 30.9 Å². The highest BCUT2D eigenvalue weighted by Gasteiger charge is 2.52. The molecule has 0 aromatic carbocycles.